The van der Waals surface area contributed by atoms with Gasteiger partial charge in [-0.1, -0.05) is 41.4 Å². The molecule has 0 spiro atoms. The summed E-state index contributed by atoms with van der Waals surface area (Å²) in [7, 11) is -4.07. The summed E-state index contributed by atoms with van der Waals surface area (Å²) in [4.78, 5) is 12.6. The standard InChI is InChI=1S/C24H23Cl2N3O4S/c1-17(2)33-20-11-8-18(9-12-20)15-27-28-24(30)16-29(19-10-13-22(25)23(26)14-19)34(31,32)21-6-4-3-5-7-21/h3-15,17H,16H2,1-2H3,(H,28,30)/b27-15-. The van der Waals surface area contributed by atoms with Gasteiger partial charge in [0.2, 0.25) is 0 Å². The molecule has 0 aliphatic carbocycles. The van der Waals surface area contributed by atoms with Gasteiger partial charge in [-0.05, 0) is 74.0 Å². The zero-order valence-electron chi connectivity index (χ0n) is 18.5. The van der Waals surface area contributed by atoms with Crippen LogP contribution in [0, 0.1) is 0 Å². The highest BCUT2D eigenvalue weighted by Crippen LogP contribution is 2.30. The molecule has 0 saturated carbocycles. The smallest absolute Gasteiger partial charge is 0.264 e. The van der Waals surface area contributed by atoms with E-state index >= 15 is 0 Å². The molecule has 3 aromatic rings. The molecule has 0 saturated heterocycles. The predicted octanol–water partition coefficient (Wildman–Crippen LogP) is 5.13. The summed E-state index contributed by atoms with van der Waals surface area (Å²) in [6, 6.07) is 19.3. The summed E-state index contributed by atoms with van der Waals surface area (Å²) in [5.41, 5.74) is 3.29. The van der Waals surface area contributed by atoms with Crippen molar-refractivity contribution < 1.29 is 17.9 Å². The van der Waals surface area contributed by atoms with Crippen molar-refractivity contribution in [2.45, 2.75) is 24.8 Å². The molecule has 178 valence electrons. The normalized spacial score (nSPS) is 11.6. The third kappa shape index (κ3) is 6.72. The predicted molar refractivity (Wildman–Crippen MR) is 135 cm³/mol. The van der Waals surface area contributed by atoms with Crippen LogP contribution in [-0.4, -0.2) is 33.2 Å². The Morgan fingerprint density at radius 1 is 1.03 bits per heavy atom. The fourth-order valence-corrected chi connectivity index (χ4v) is 4.65. The van der Waals surface area contributed by atoms with E-state index in [1.165, 1.54) is 36.5 Å². The second-order valence-corrected chi connectivity index (χ2v) is 10.1. The molecule has 0 aliphatic heterocycles. The second kappa shape index (κ2) is 11.4. The zero-order chi connectivity index (χ0) is 24.7. The lowest BCUT2D eigenvalue weighted by Crippen LogP contribution is -2.39. The molecule has 10 heteroatoms. The van der Waals surface area contributed by atoms with E-state index in [0.717, 1.165) is 15.6 Å². The van der Waals surface area contributed by atoms with Gasteiger partial charge in [0.1, 0.15) is 12.3 Å². The number of hydrazone groups is 1. The van der Waals surface area contributed by atoms with Crippen molar-refractivity contribution in [3.63, 3.8) is 0 Å². The molecule has 3 rings (SSSR count). The summed E-state index contributed by atoms with van der Waals surface area (Å²) in [5.74, 6) is 0.0844. The van der Waals surface area contributed by atoms with Gasteiger partial charge in [-0.3, -0.25) is 9.10 Å². The minimum atomic E-state index is -4.07. The second-order valence-electron chi connectivity index (χ2n) is 7.45. The van der Waals surface area contributed by atoms with Crippen molar-refractivity contribution in [1.29, 1.82) is 0 Å². The van der Waals surface area contributed by atoms with E-state index in [-0.39, 0.29) is 26.7 Å². The number of anilines is 1. The van der Waals surface area contributed by atoms with Crippen molar-refractivity contribution in [2.24, 2.45) is 5.10 Å². The Morgan fingerprint density at radius 2 is 1.71 bits per heavy atom. The highest BCUT2D eigenvalue weighted by molar-refractivity contribution is 7.92. The zero-order valence-corrected chi connectivity index (χ0v) is 20.8. The minimum Gasteiger partial charge on any atom is -0.491 e. The van der Waals surface area contributed by atoms with Crippen LogP contribution in [0.15, 0.2) is 82.8 Å². The van der Waals surface area contributed by atoms with E-state index in [1.807, 2.05) is 13.8 Å². The average molecular weight is 520 g/mol. The molecular weight excluding hydrogens is 497 g/mol. The van der Waals surface area contributed by atoms with Gasteiger partial charge in [0.15, 0.2) is 0 Å². The van der Waals surface area contributed by atoms with Gasteiger partial charge in [-0.25, -0.2) is 13.8 Å². The fourth-order valence-electron chi connectivity index (χ4n) is 2.92. The van der Waals surface area contributed by atoms with Gasteiger partial charge in [0, 0.05) is 0 Å². The molecule has 0 radical (unpaired) electrons. The Hall–Kier alpha value is -3.07. The van der Waals surface area contributed by atoms with Crippen LogP contribution in [-0.2, 0) is 14.8 Å². The molecule has 0 aliphatic rings. The van der Waals surface area contributed by atoms with Crippen LogP contribution in [0.4, 0.5) is 5.69 Å². The summed E-state index contributed by atoms with van der Waals surface area (Å²) < 4.78 is 33.1. The van der Waals surface area contributed by atoms with Gasteiger partial charge in [-0.15, -0.1) is 0 Å². The molecule has 3 aromatic carbocycles. The number of hydrogen-bond acceptors (Lipinski definition) is 5. The van der Waals surface area contributed by atoms with Gasteiger partial charge in [0.05, 0.1) is 32.9 Å². The summed E-state index contributed by atoms with van der Waals surface area (Å²) in [6.07, 6.45) is 1.51. The molecule has 0 aromatic heterocycles. The largest absolute Gasteiger partial charge is 0.491 e. The lowest BCUT2D eigenvalue weighted by atomic mass is 10.2. The quantitative estimate of drug-likeness (QED) is 0.313. The Bertz CT molecular complexity index is 1270. The Morgan fingerprint density at radius 3 is 2.32 bits per heavy atom. The fraction of sp³-hybridized carbons (Fsp3) is 0.167. The first-order valence-electron chi connectivity index (χ1n) is 10.3. The van der Waals surface area contributed by atoms with E-state index < -0.39 is 22.5 Å². The highest BCUT2D eigenvalue weighted by atomic mass is 35.5. The van der Waals surface area contributed by atoms with Crippen LogP contribution in [0.5, 0.6) is 5.75 Å². The van der Waals surface area contributed by atoms with E-state index in [1.54, 1.807) is 42.5 Å². The molecule has 0 bridgehead atoms. The van der Waals surface area contributed by atoms with Crippen LogP contribution >= 0.6 is 23.2 Å². The van der Waals surface area contributed by atoms with Gasteiger partial charge in [-0.2, -0.15) is 5.10 Å². The Balaban J connectivity index is 1.77. The highest BCUT2D eigenvalue weighted by Gasteiger charge is 2.27. The minimum absolute atomic E-state index is 0.0288. The van der Waals surface area contributed by atoms with Crippen LogP contribution in [0.25, 0.3) is 0 Å². The first-order chi connectivity index (χ1) is 16.2. The molecule has 1 amide bonds. The van der Waals surface area contributed by atoms with Crippen molar-refractivity contribution >= 4 is 51.0 Å². The molecule has 0 unspecified atom stereocenters. The van der Waals surface area contributed by atoms with Crippen molar-refractivity contribution in [3.8, 4) is 5.75 Å². The van der Waals surface area contributed by atoms with Crippen LogP contribution in [0.3, 0.4) is 0 Å². The third-order valence-corrected chi connectivity index (χ3v) is 6.99. The van der Waals surface area contributed by atoms with Crippen LogP contribution < -0.4 is 14.5 Å². The van der Waals surface area contributed by atoms with Crippen LogP contribution in [0.2, 0.25) is 10.0 Å². The van der Waals surface area contributed by atoms with Crippen LogP contribution in [0.1, 0.15) is 19.4 Å². The first-order valence-corrected chi connectivity index (χ1v) is 12.5. The van der Waals surface area contributed by atoms with Crippen molar-refractivity contribution in [3.05, 3.63) is 88.4 Å². The molecule has 0 heterocycles. The maximum absolute atomic E-state index is 13.3. The number of carbonyl (C=O) groups excluding carboxylic acids is 1. The van der Waals surface area contributed by atoms with E-state index in [4.69, 9.17) is 27.9 Å². The number of sulfonamides is 1. The molecule has 34 heavy (non-hydrogen) atoms. The first kappa shape index (κ1) is 25.6. The number of hydrogen-bond donors (Lipinski definition) is 1. The molecule has 0 fully saturated rings. The van der Waals surface area contributed by atoms with Gasteiger partial charge in [0.25, 0.3) is 15.9 Å². The number of benzene rings is 3. The van der Waals surface area contributed by atoms with E-state index in [9.17, 15) is 13.2 Å². The maximum Gasteiger partial charge on any atom is 0.264 e. The molecule has 1 N–H and O–H groups in total. The lowest BCUT2D eigenvalue weighted by molar-refractivity contribution is -0.119. The number of rotatable bonds is 9. The molecular formula is C24H23Cl2N3O4S. The molecule has 7 nitrogen and oxygen atoms in total. The van der Waals surface area contributed by atoms with Crippen molar-refractivity contribution in [1.82, 2.24) is 5.43 Å². The summed E-state index contributed by atoms with van der Waals surface area (Å²) in [5, 5.41) is 4.36. The molecule has 0 atom stereocenters. The number of nitrogens with one attached hydrogen (secondary N) is 1. The third-order valence-electron chi connectivity index (χ3n) is 4.46. The summed E-state index contributed by atoms with van der Waals surface area (Å²) >= 11 is 12.1. The SMILES string of the molecule is CC(C)Oc1ccc(/C=N\NC(=O)CN(c2ccc(Cl)c(Cl)c2)S(=O)(=O)c2ccccc2)cc1. The Kier molecular flexibility index (Phi) is 8.55. The van der Waals surface area contributed by atoms with Gasteiger partial charge >= 0.3 is 0 Å². The number of ether oxygens (including phenoxy) is 1. The topological polar surface area (TPSA) is 88.1 Å². The number of nitrogens with zero attached hydrogens (tertiary/aromatic N) is 2. The average Bonchev–Trinajstić information content (AvgIpc) is 2.81. The summed E-state index contributed by atoms with van der Waals surface area (Å²) in [6.45, 7) is 3.35. The number of halogens is 2. The van der Waals surface area contributed by atoms with Gasteiger partial charge < -0.3 is 4.74 Å². The van der Waals surface area contributed by atoms with E-state index in [0.29, 0.717) is 0 Å². The number of carbonyl (C=O) groups is 1. The lowest BCUT2D eigenvalue weighted by Gasteiger charge is -2.24. The van der Waals surface area contributed by atoms with E-state index in [2.05, 4.69) is 10.5 Å². The maximum atomic E-state index is 13.3. The van der Waals surface area contributed by atoms with Crippen molar-refractivity contribution in [2.75, 3.05) is 10.8 Å². The number of amides is 1. The Labute approximate surface area is 209 Å². The monoisotopic (exact) mass is 519 g/mol.